The zero-order chi connectivity index (χ0) is 19.9. The molecule has 28 heavy (non-hydrogen) atoms. The Balaban J connectivity index is 1.56. The van der Waals surface area contributed by atoms with Gasteiger partial charge in [0.1, 0.15) is 5.75 Å². The SMILES string of the molecule is O=C(COc1ccc(Cl)cc1)Nc1ccc(NC(=O)c2ccccc2)c(Cl)c1. The minimum Gasteiger partial charge on any atom is -0.484 e. The third kappa shape index (κ3) is 5.49. The Labute approximate surface area is 172 Å². The van der Waals surface area contributed by atoms with Crippen LogP contribution in [0.5, 0.6) is 5.75 Å². The summed E-state index contributed by atoms with van der Waals surface area (Å²) in [5.41, 5.74) is 1.47. The van der Waals surface area contributed by atoms with Crippen LogP contribution in [-0.2, 0) is 4.79 Å². The summed E-state index contributed by atoms with van der Waals surface area (Å²) in [5.74, 6) is -0.0701. The number of amides is 2. The van der Waals surface area contributed by atoms with Crippen LogP contribution in [0.15, 0.2) is 72.8 Å². The summed E-state index contributed by atoms with van der Waals surface area (Å²) in [4.78, 5) is 24.2. The topological polar surface area (TPSA) is 67.4 Å². The summed E-state index contributed by atoms with van der Waals surface area (Å²) >= 11 is 12.0. The van der Waals surface area contributed by atoms with Gasteiger partial charge in [-0.05, 0) is 54.6 Å². The van der Waals surface area contributed by atoms with E-state index in [2.05, 4.69) is 10.6 Å². The second-order valence-corrected chi connectivity index (χ2v) is 6.65. The summed E-state index contributed by atoms with van der Waals surface area (Å²) in [7, 11) is 0. The molecule has 0 fully saturated rings. The fourth-order valence-corrected chi connectivity index (χ4v) is 2.71. The van der Waals surface area contributed by atoms with Gasteiger partial charge in [-0.1, -0.05) is 41.4 Å². The summed E-state index contributed by atoms with van der Waals surface area (Å²) < 4.78 is 5.39. The fourth-order valence-electron chi connectivity index (χ4n) is 2.36. The number of carbonyl (C=O) groups is 2. The molecule has 0 aliphatic rings. The van der Waals surface area contributed by atoms with Crippen molar-refractivity contribution in [3.05, 3.63) is 88.4 Å². The van der Waals surface area contributed by atoms with Crippen molar-refractivity contribution in [2.45, 2.75) is 0 Å². The van der Waals surface area contributed by atoms with Gasteiger partial charge in [-0.2, -0.15) is 0 Å². The van der Waals surface area contributed by atoms with E-state index < -0.39 is 0 Å². The highest BCUT2D eigenvalue weighted by Crippen LogP contribution is 2.26. The molecule has 0 aliphatic heterocycles. The molecule has 0 saturated heterocycles. The summed E-state index contributed by atoms with van der Waals surface area (Å²) in [6.45, 7) is -0.161. The summed E-state index contributed by atoms with van der Waals surface area (Å²) in [6.07, 6.45) is 0. The van der Waals surface area contributed by atoms with E-state index in [4.69, 9.17) is 27.9 Å². The average molecular weight is 415 g/mol. The molecule has 2 N–H and O–H groups in total. The molecule has 0 unspecified atom stereocenters. The third-order valence-corrected chi connectivity index (χ3v) is 4.29. The first-order valence-corrected chi connectivity index (χ1v) is 9.11. The molecule has 3 rings (SSSR count). The maximum Gasteiger partial charge on any atom is 0.262 e. The van der Waals surface area contributed by atoms with Crippen molar-refractivity contribution in [2.75, 3.05) is 17.2 Å². The van der Waals surface area contributed by atoms with Crippen LogP contribution < -0.4 is 15.4 Å². The number of nitrogens with one attached hydrogen (secondary N) is 2. The molecule has 0 saturated carbocycles. The second-order valence-electron chi connectivity index (χ2n) is 5.81. The Bertz CT molecular complexity index is 977. The van der Waals surface area contributed by atoms with E-state index in [0.29, 0.717) is 32.7 Å². The van der Waals surface area contributed by atoms with Crippen molar-refractivity contribution in [3.63, 3.8) is 0 Å². The molecular weight excluding hydrogens is 399 g/mol. The molecule has 0 heterocycles. The first kappa shape index (κ1) is 19.7. The van der Waals surface area contributed by atoms with Crippen molar-refractivity contribution in [1.82, 2.24) is 0 Å². The molecular formula is C21H16Cl2N2O3. The number of hydrogen-bond acceptors (Lipinski definition) is 3. The first-order chi connectivity index (χ1) is 13.5. The van der Waals surface area contributed by atoms with Crippen molar-refractivity contribution < 1.29 is 14.3 Å². The van der Waals surface area contributed by atoms with Crippen LogP contribution in [-0.4, -0.2) is 18.4 Å². The molecule has 0 atom stereocenters. The molecule has 3 aromatic rings. The van der Waals surface area contributed by atoms with Gasteiger partial charge in [-0.3, -0.25) is 9.59 Å². The van der Waals surface area contributed by atoms with Crippen LogP contribution in [0, 0.1) is 0 Å². The second kappa shape index (κ2) is 9.26. The van der Waals surface area contributed by atoms with Gasteiger partial charge in [0.05, 0.1) is 10.7 Å². The van der Waals surface area contributed by atoms with Crippen LogP contribution >= 0.6 is 23.2 Å². The number of anilines is 2. The van der Waals surface area contributed by atoms with E-state index in [1.807, 2.05) is 6.07 Å². The molecule has 0 radical (unpaired) electrons. The lowest BCUT2D eigenvalue weighted by Gasteiger charge is -2.11. The van der Waals surface area contributed by atoms with Gasteiger partial charge in [0, 0.05) is 16.3 Å². The Morgan fingerprint density at radius 1 is 0.857 bits per heavy atom. The number of halogens is 2. The van der Waals surface area contributed by atoms with Gasteiger partial charge in [0.15, 0.2) is 6.61 Å². The first-order valence-electron chi connectivity index (χ1n) is 8.35. The summed E-state index contributed by atoms with van der Waals surface area (Å²) in [6, 6.07) is 20.3. The smallest absolute Gasteiger partial charge is 0.262 e. The zero-order valence-electron chi connectivity index (χ0n) is 14.6. The lowest BCUT2D eigenvalue weighted by molar-refractivity contribution is -0.118. The molecule has 142 valence electrons. The molecule has 0 bridgehead atoms. The molecule has 0 aliphatic carbocycles. The molecule has 3 aromatic carbocycles. The van der Waals surface area contributed by atoms with Gasteiger partial charge in [0.2, 0.25) is 0 Å². The lowest BCUT2D eigenvalue weighted by Crippen LogP contribution is -2.20. The van der Waals surface area contributed by atoms with Crippen molar-refractivity contribution in [2.24, 2.45) is 0 Å². The number of carbonyl (C=O) groups excluding carboxylic acids is 2. The average Bonchev–Trinajstić information content (AvgIpc) is 2.70. The fraction of sp³-hybridized carbons (Fsp3) is 0.0476. The van der Waals surface area contributed by atoms with Crippen LogP contribution in [0.4, 0.5) is 11.4 Å². The molecule has 2 amide bonds. The monoisotopic (exact) mass is 414 g/mol. The van der Waals surface area contributed by atoms with Gasteiger partial charge < -0.3 is 15.4 Å². The quantitative estimate of drug-likeness (QED) is 0.577. The predicted octanol–water partition coefficient (Wildman–Crippen LogP) is 5.26. The molecule has 7 heteroatoms. The minimum absolute atomic E-state index is 0.161. The highest BCUT2D eigenvalue weighted by molar-refractivity contribution is 6.34. The molecule has 0 spiro atoms. The summed E-state index contributed by atoms with van der Waals surface area (Å²) in [5, 5.41) is 6.32. The third-order valence-electron chi connectivity index (χ3n) is 3.72. The number of hydrogen-bond donors (Lipinski definition) is 2. The maximum atomic E-state index is 12.2. The Morgan fingerprint density at radius 2 is 1.57 bits per heavy atom. The standard InChI is InChI=1S/C21H16Cl2N2O3/c22-15-6-9-17(10-7-15)28-13-20(26)24-16-8-11-19(18(23)12-16)25-21(27)14-4-2-1-3-5-14/h1-12H,13H2,(H,24,26)(H,25,27). The number of benzene rings is 3. The van der Waals surface area contributed by atoms with Gasteiger partial charge in [-0.15, -0.1) is 0 Å². The van der Waals surface area contributed by atoms with Crippen molar-refractivity contribution in [3.8, 4) is 5.75 Å². The van der Waals surface area contributed by atoms with Crippen molar-refractivity contribution in [1.29, 1.82) is 0 Å². The lowest BCUT2D eigenvalue weighted by atomic mass is 10.2. The van der Waals surface area contributed by atoms with Gasteiger partial charge in [0.25, 0.3) is 11.8 Å². The number of rotatable bonds is 6. The van der Waals surface area contributed by atoms with Gasteiger partial charge >= 0.3 is 0 Å². The highest BCUT2D eigenvalue weighted by Gasteiger charge is 2.10. The maximum absolute atomic E-state index is 12.2. The van der Waals surface area contributed by atoms with Crippen LogP contribution in [0.1, 0.15) is 10.4 Å². The Morgan fingerprint density at radius 3 is 2.25 bits per heavy atom. The molecule has 5 nitrogen and oxygen atoms in total. The van der Waals surface area contributed by atoms with E-state index in [1.165, 1.54) is 0 Å². The Hall–Kier alpha value is -3.02. The van der Waals surface area contributed by atoms with E-state index in [9.17, 15) is 9.59 Å². The van der Waals surface area contributed by atoms with E-state index >= 15 is 0 Å². The number of ether oxygens (including phenoxy) is 1. The Kier molecular flexibility index (Phi) is 6.53. The van der Waals surface area contributed by atoms with Crippen LogP contribution in [0.2, 0.25) is 10.0 Å². The van der Waals surface area contributed by atoms with Crippen LogP contribution in [0.25, 0.3) is 0 Å². The van der Waals surface area contributed by atoms with E-state index in [-0.39, 0.29) is 18.4 Å². The van der Waals surface area contributed by atoms with E-state index in [0.717, 1.165) is 0 Å². The zero-order valence-corrected chi connectivity index (χ0v) is 16.1. The largest absolute Gasteiger partial charge is 0.484 e. The predicted molar refractivity (Wildman–Crippen MR) is 111 cm³/mol. The van der Waals surface area contributed by atoms with E-state index in [1.54, 1.807) is 66.7 Å². The van der Waals surface area contributed by atoms with Gasteiger partial charge in [-0.25, -0.2) is 0 Å². The van der Waals surface area contributed by atoms with Crippen LogP contribution in [0.3, 0.4) is 0 Å². The van der Waals surface area contributed by atoms with Crippen molar-refractivity contribution >= 4 is 46.4 Å². The molecule has 0 aromatic heterocycles. The normalized spacial score (nSPS) is 10.2. The highest BCUT2D eigenvalue weighted by atomic mass is 35.5. The minimum atomic E-state index is -0.341.